The molecule has 0 heterocycles. The zero-order valence-corrected chi connectivity index (χ0v) is 11.7. The van der Waals surface area contributed by atoms with E-state index in [2.05, 4.69) is 45.9 Å². The Kier molecular flexibility index (Phi) is 5.35. The van der Waals surface area contributed by atoms with E-state index in [0.29, 0.717) is 12.5 Å². The molecule has 0 aliphatic heterocycles. The van der Waals surface area contributed by atoms with Gasteiger partial charge >= 0.3 is 5.97 Å². The Labute approximate surface area is 109 Å². The van der Waals surface area contributed by atoms with Gasteiger partial charge in [0.2, 0.25) is 0 Å². The molecule has 100 valence electrons. The van der Waals surface area contributed by atoms with E-state index in [0.717, 1.165) is 6.54 Å². The Morgan fingerprint density at radius 1 is 1.22 bits per heavy atom. The molecule has 1 rings (SSSR count). The van der Waals surface area contributed by atoms with Gasteiger partial charge in [0.1, 0.15) is 0 Å². The van der Waals surface area contributed by atoms with Crippen LogP contribution in [0.15, 0.2) is 18.2 Å². The third kappa shape index (κ3) is 5.32. The molecule has 0 spiro atoms. The number of nitrogens with zero attached hydrogens (tertiary/aromatic N) is 1. The van der Waals surface area contributed by atoms with Crippen molar-refractivity contribution in [3.63, 3.8) is 0 Å². The van der Waals surface area contributed by atoms with Crippen molar-refractivity contribution < 1.29 is 9.90 Å². The Bertz CT molecular complexity index is 393. The zero-order chi connectivity index (χ0) is 13.7. The molecule has 0 saturated carbocycles. The fourth-order valence-corrected chi connectivity index (χ4v) is 2.31. The monoisotopic (exact) mass is 249 g/mol. The number of aryl methyl sites for hydroxylation is 2. The van der Waals surface area contributed by atoms with E-state index in [1.807, 2.05) is 4.90 Å². The number of hydrogen-bond acceptors (Lipinski definition) is 2. The van der Waals surface area contributed by atoms with Gasteiger partial charge in [0.25, 0.3) is 0 Å². The van der Waals surface area contributed by atoms with E-state index < -0.39 is 5.97 Å². The lowest BCUT2D eigenvalue weighted by atomic mass is 10.1. The molecule has 0 aromatic heterocycles. The molecule has 3 heteroatoms. The van der Waals surface area contributed by atoms with E-state index >= 15 is 0 Å². The van der Waals surface area contributed by atoms with Crippen molar-refractivity contribution in [1.82, 2.24) is 4.90 Å². The Morgan fingerprint density at radius 3 is 2.22 bits per heavy atom. The molecule has 1 aromatic rings. The van der Waals surface area contributed by atoms with Gasteiger partial charge in [0, 0.05) is 13.1 Å². The van der Waals surface area contributed by atoms with Gasteiger partial charge < -0.3 is 5.11 Å². The van der Waals surface area contributed by atoms with Crippen LogP contribution in [0.4, 0.5) is 0 Å². The molecule has 1 N–H and O–H groups in total. The summed E-state index contributed by atoms with van der Waals surface area (Å²) < 4.78 is 0. The summed E-state index contributed by atoms with van der Waals surface area (Å²) in [6, 6.07) is 6.39. The molecule has 3 nitrogen and oxygen atoms in total. The molecule has 0 aliphatic rings. The van der Waals surface area contributed by atoms with Crippen molar-refractivity contribution in [2.45, 2.75) is 34.2 Å². The molecule has 18 heavy (non-hydrogen) atoms. The smallest absolute Gasteiger partial charge is 0.317 e. The maximum absolute atomic E-state index is 10.9. The lowest BCUT2D eigenvalue weighted by Crippen LogP contribution is -2.32. The van der Waals surface area contributed by atoms with Crippen LogP contribution in [0, 0.1) is 19.8 Å². The lowest BCUT2D eigenvalue weighted by molar-refractivity contribution is -0.138. The highest BCUT2D eigenvalue weighted by atomic mass is 16.4. The quantitative estimate of drug-likeness (QED) is 0.842. The van der Waals surface area contributed by atoms with E-state index in [9.17, 15) is 4.79 Å². The van der Waals surface area contributed by atoms with Gasteiger partial charge in [0.15, 0.2) is 0 Å². The van der Waals surface area contributed by atoms with Gasteiger partial charge in [-0.1, -0.05) is 43.2 Å². The molecule has 1 aromatic carbocycles. The Balaban J connectivity index is 2.77. The van der Waals surface area contributed by atoms with Crippen LogP contribution in [-0.2, 0) is 11.3 Å². The second kappa shape index (κ2) is 6.55. The van der Waals surface area contributed by atoms with Crippen LogP contribution in [0.2, 0.25) is 0 Å². The third-order valence-corrected chi connectivity index (χ3v) is 2.67. The zero-order valence-electron chi connectivity index (χ0n) is 11.7. The van der Waals surface area contributed by atoms with Crippen molar-refractivity contribution in [3.05, 3.63) is 34.9 Å². The summed E-state index contributed by atoms with van der Waals surface area (Å²) >= 11 is 0. The second-order valence-corrected chi connectivity index (χ2v) is 5.45. The second-order valence-electron chi connectivity index (χ2n) is 5.45. The number of carbonyl (C=O) groups is 1. The lowest BCUT2D eigenvalue weighted by Gasteiger charge is -2.22. The maximum Gasteiger partial charge on any atom is 0.317 e. The van der Waals surface area contributed by atoms with Crippen LogP contribution in [-0.4, -0.2) is 29.1 Å². The number of carboxylic acids is 1. The van der Waals surface area contributed by atoms with Crippen LogP contribution in [0.3, 0.4) is 0 Å². The first kappa shape index (κ1) is 14.7. The minimum absolute atomic E-state index is 0.102. The molecular weight excluding hydrogens is 226 g/mol. The van der Waals surface area contributed by atoms with Crippen LogP contribution in [0.5, 0.6) is 0 Å². The SMILES string of the molecule is Cc1cc(C)cc(CN(CC(=O)O)CC(C)C)c1. The molecule has 0 fully saturated rings. The molecular formula is C15H23NO2. The van der Waals surface area contributed by atoms with Crippen LogP contribution in [0.25, 0.3) is 0 Å². The van der Waals surface area contributed by atoms with E-state index in [4.69, 9.17) is 5.11 Å². The molecule has 0 bridgehead atoms. The number of hydrogen-bond donors (Lipinski definition) is 1. The summed E-state index contributed by atoms with van der Waals surface area (Å²) in [5.74, 6) is -0.296. The highest BCUT2D eigenvalue weighted by molar-refractivity contribution is 5.69. The molecule has 0 saturated heterocycles. The fraction of sp³-hybridized carbons (Fsp3) is 0.533. The summed E-state index contributed by atoms with van der Waals surface area (Å²) in [7, 11) is 0. The largest absolute Gasteiger partial charge is 0.480 e. The predicted octanol–water partition coefficient (Wildman–Crippen LogP) is 2.85. The van der Waals surface area contributed by atoms with Crippen LogP contribution < -0.4 is 0 Å². The van der Waals surface area contributed by atoms with Gasteiger partial charge in [-0.3, -0.25) is 9.69 Å². The number of rotatable bonds is 6. The first-order chi connectivity index (χ1) is 8.36. The fourth-order valence-electron chi connectivity index (χ4n) is 2.31. The van der Waals surface area contributed by atoms with Crippen molar-refractivity contribution in [1.29, 1.82) is 0 Å². The van der Waals surface area contributed by atoms with Gasteiger partial charge in [0.05, 0.1) is 6.54 Å². The summed E-state index contributed by atoms with van der Waals surface area (Å²) in [5.41, 5.74) is 3.64. The standard InChI is InChI=1S/C15H23NO2/c1-11(2)8-16(10-15(17)18)9-14-6-12(3)5-13(4)7-14/h5-7,11H,8-10H2,1-4H3,(H,17,18). The van der Waals surface area contributed by atoms with Crippen LogP contribution in [0.1, 0.15) is 30.5 Å². The number of aliphatic carboxylic acids is 1. The summed E-state index contributed by atoms with van der Waals surface area (Å²) in [6.45, 7) is 9.96. The summed E-state index contributed by atoms with van der Waals surface area (Å²) in [5, 5.41) is 8.94. The minimum atomic E-state index is -0.764. The first-order valence-corrected chi connectivity index (χ1v) is 6.38. The maximum atomic E-state index is 10.9. The van der Waals surface area contributed by atoms with Crippen molar-refractivity contribution >= 4 is 5.97 Å². The van der Waals surface area contributed by atoms with Gasteiger partial charge in [-0.2, -0.15) is 0 Å². The summed E-state index contributed by atoms with van der Waals surface area (Å²) in [6.07, 6.45) is 0. The van der Waals surface area contributed by atoms with E-state index in [1.165, 1.54) is 16.7 Å². The minimum Gasteiger partial charge on any atom is -0.480 e. The predicted molar refractivity (Wildman–Crippen MR) is 73.7 cm³/mol. The normalized spacial score (nSPS) is 11.2. The third-order valence-electron chi connectivity index (χ3n) is 2.67. The molecule has 0 aliphatic carbocycles. The van der Waals surface area contributed by atoms with Crippen LogP contribution >= 0.6 is 0 Å². The number of benzene rings is 1. The van der Waals surface area contributed by atoms with Gasteiger partial charge in [-0.05, 0) is 25.3 Å². The molecule has 0 amide bonds. The first-order valence-electron chi connectivity index (χ1n) is 6.38. The van der Waals surface area contributed by atoms with Gasteiger partial charge in [-0.25, -0.2) is 0 Å². The number of carboxylic acid groups (broad SMARTS) is 1. The average molecular weight is 249 g/mol. The van der Waals surface area contributed by atoms with Gasteiger partial charge in [-0.15, -0.1) is 0 Å². The molecule has 0 radical (unpaired) electrons. The van der Waals surface area contributed by atoms with Crippen molar-refractivity contribution in [2.24, 2.45) is 5.92 Å². The summed E-state index contributed by atoms with van der Waals surface area (Å²) in [4.78, 5) is 12.9. The molecule has 0 unspecified atom stereocenters. The topological polar surface area (TPSA) is 40.5 Å². The molecule has 0 atom stereocenters. The Hall–Kier alpha value is -1.35. The highest BCUT2D eigenvalue weighted by Crippen LogP contribution is 2.12. The Morgan fingerprint density at radius 2 is 1.78 bits per heavy atom. The highest BCUT2D eigenvalue weighted by Gasteiger charge is 2.12. The van der Waals surface area contributed by atoms with E-state index in [-0.39, 0.29) is 6.54 Å². The van der Waals surface area contributed by atoms with Crippen molar-refractivity contribution in [3.8, 4) is 0 Å². The van der Waals surface area contributed by atoms with Crippen molar-refractivity contribution in [2.75, 3.05) is 13.1 Å². The average Bonchev–Trinajstić information content (AvgIpc) is 2.12. The van der Waals surface area contributed by atoms with E-state index in [1.54, 1.807) is 0 Å².